The van der Waals surface area contributed by atoms with Crippen LogP contribution in [0.4, 0.5) is 9.52 Å². The zero-order chi connectivity index (χ0) is 17.1. The Labute approximate surface area is 142 Å². The lowest BCUT2D eigenvalue weighted by atomic mass is 10.1. The number of aromatic nitrogens is 2. The minimum absolute atomic E-state index is 0.0364. The Kier molecular flexibility index (Phi) is 4.84. The third-order valence-corrected chi connectivity index (χ3v) is 4.68. The number of rotatable bonds is 5. The van der Waals surface area contributed by atoms with E-state index >= 15 is 0 Å². The monoisotopic (exact) mass is 348 g/mol. The predicted octanol–water partition coefficient (Wildman–Crippen LogP) is 2.02. The van der Waals surface area contributed by atoms with E-state index in [-0.39, 0.29) is 30.0 Å². The number of carbonyl (C=O) groups excluding carboxylic acids is 2. The van der Waals surface area contributed by atoms with Crippen molar-refractivity contribution >= 4 is 28.3 Å². The van der Waals surface area contributed by atoms with Crippen molar-refractivity contribution in [2.24, 2.45) is 5.92 Å². The summed E-state index contributed by atoms with van der Waals surface area (Å²) >= 11 is 1.30. The van der Waals surface area contributed by atoms with Crippen molar-refractivity contribution in [2.75, 3.05) is 18.4 Å². The van der Waals surface area contributed by atoms with Gasteiger partial charge in [0.2, 0.25) is 16.9 Å². The molecule has 1 aliphatic rings. The van der Waals surface area contributed by atoms with Gasteiger partial charge in [0.15, 0.2) is 0 Å². The fraction of sp³-hybridized carbons (Fsp3) is 0.375. The number of benzene rings is 1. The fourth-order valence-corrected chi connectivity index (χ4v) is 3.23. The molecule has 24 heavy (non-hydrogen) atoms. The summed E-state index contributed by atoms with van der Waals surface area (Å²) in [5.74, 6) is -0.899. The summed E-state index contributed by atoms with van der Waals surface area (Å²) in [6, 6.07) is 6.22. The van der Waals surface area contributed by atoms with Gasteiger partial charge in [-0.3, -0.25) is 9.59 Å². The molecule has 8 heteroatoms. The third-order valence-electron chi connectivity index (χ3n) is 3.93. The van der Waals surface area contributed by atoms with Crippen LogP contribution in [0, 0.1) is 18.7 Å². The Bertz CT molecular complexity index is 747. The number of carbonyl (C=O) groups is 2. The van der Waals surface area contributed by atoms with Gasteiger partial charge in [-0.05, 0) is 31.0 Å². The molecule has 6 nitrogen and oxygen atoms in total. The predicted molar refractivity (Wildman–Crippen MR) is 88.1 cm³/mol. The van der Waals surface area contributed by atoms with Crippen LogP contribution in [0.15, 0.2) is 24.3 Å². The Balaban J connectivity index is 1.53. The summed E-state index contributed by atoms with van der Waals surface area (Å²) < 4.78 is 12.9. The maximum Gasteiger partial charge on any atom is 0.231 e. The molecule has 0 aliphatic carbocycles. The first-order chi connectivity index (χ1) is 11.5. The van der Waals surface area contributed by atoms with Crippen molar-refractivity contribution in [3.63, 3.8) is 0 Å². The summed E-state index contributed by atoms with van der Waals surface area (Å²) in [5, 5.41) is 11.6. The lowest BCUT2D eigenvalue weighted by molar-refractivity contribution is -0.128. The lowest BCUT2D eigenvalue weighted by Gasteiger charge is -2.16. The van der Waals surface area contributed by atoms with Crippen molar-refractivity contribution in [1.82, 2.24) is 15.1 Å². The average Bonchev–Trinajstić information content (AvgIpc) is 3.13. The number of amides is 2. The van der Waals surface area contributed by atoms with Gasteiger partial charge >= 0.3 is 0 Å². The number of nitrogens with one attached hydrogen (secondary N) is 1. The van der Waals surface area contributed by atoms with Gasteiger partial charge in [0.05, 0.1) is 5.92 Å². The van der Waals surface area contributed by atoms with E-state index in [0.29, 0.717) is 24.6 Å². The van der Waals surface area contributed by atoms with Gasteiger partial charge in [0.25, 0.3) is 0 Å². The van der Waals surface area contributed by atoms with Crippen LogP contribution in [0.1, 0.15) is 17.0 Å². The van der Waals surface area contributed by atoms with Gasteiger partial charge in [-0.25, -0.2) is 4.39 Å². The number of hydrogen-bond acceptors (Lipinski definition) is 5. The summed E-state index contributed by atoms with van der Waals surface area (Å²) in [4.78, 5) is 26.0. The van der Waals surface area contributed by atoms with E-state index in [0.717, 1.165) is 10.6 Å². The maximum absolute atomic E-state index is 12.9. The van der Waals surface area contributed by atoms with Crippen LogP contribution in [0.3, 0.4) is 0 Å². The number of likely N-dealkylation sites (tertiary alicyclic amines) is 1. The average molecular weight is 348 g/mol. The van der Waals surface area contributed by atoms with E-state index in [2.05, 4.69) is 15.5 Å². The molecule has 1 aliphatic heterocycles. The first-order valence-corrected chi connectivity index (χ1v) is 8.46. The van der Waals surface area contributed by atoms with Crippen molar-refractivity contribution in [1.29, 1.82) is 0 Å². The molecular weight excluding hydrogens is 331 g/mol. The molecule has 1 fully saturated rings. The van der Waals surface area contributed by atoms with Crippen LogP contribution in [0.25, 0.3) is 0 Å². The van der Waals surface area contributed by atoms with E-state index in [9.17, 15) is 14.0 Å². The second-order valence-corrected chi connectivity index (χ2v) is 6.91. The molecule has 0 radical (unpaired) electrons. The number of anilines is 1. The molecule has 0 bridgehead atoms. The Morgan fingerprint density at radius 3 is 2.79 bits per heavy atom. The molecule has 0 unspecified atom stereocenters. The molecule has 126 valence electrons. The van der Waals surface area contributed by atoms with E-state index in [1.54, 1.807) is 17.0 Å². The standard InChI is InChI=1S/C16H17FN4O2S/c1-10-19-20-16(24-10)18-15(23)12-8-14(22)21(9-12)7-6-11-2-4-13(17)5-3-11/h2-5,12H,6-9H2,1H3,(H,18,20,23)/t12-/m1/s1. The van der Waals surface area contributed by atoms with Gasteiger partial charge < -0.3 is 10.2 Å². The normalized spacial score (nSPS) is 17.3. The summed E-state index contributed by atoms with van der Waals surface area (Å²) in [7, 11) is 0. The summed E-state index contributed by atoms with van der Waals surface area (Å²) in [6.45, 7) is 2.72. The van der Waals surface area contributed by atoms with Crippen LogP contribution in [-0.4, -0.2) is 40.0 Å². The molecule has 2 aromatic rings. The van der Waals surface area contributed by atoms with E-state index in [1.165, 1.54) is 23.5 Å². The molecule has 1 aromatic heterocycles. The SMILES string of the molecule is Cc1nnc(NC(=O)[C@@H]2CC(=O)N(CCc3ccc(F)cc3)C2)s1. The Morgan fingerprint density at radius 2 is 2.12 bits per heavy atom. The van der Waals surface area contributed by atoms with Gasteiger partial charge in [-0.2, -0.15) is 0 Å². The summed E-state index contributed by atoms with van der Waals surface area (Å²) in [6.07, 6.45) is 0.836. The molecule has 2 amide bonds. The second-order valence-electron chi connectivity index (χ2n) is 5.73. The highest BCUT2D eigenvalue weighted by atomic mass is 32.1. The zero-order valence-corrected chi connectivity index (χ0v) is 14.0. The minimum atomic E-state index is -0.380. The largest absolute Gasteiger partial charge is 0.342 e. The van der Waals surface area contributed by atoms with Crippen LogP contribution in [0.2, 0.25) is 0 Å². The van der Waals surface area contributed by atoms with Crippen LogP contribution < -0.4 is 5.32 Å². The van der Waals surface area contributed by atoms with Crippen molar-refractivity contribution in [3.8, 4) is 0 Å². The van der Waals surface area contributed by atoms with E-state index in [1.807, 2.05) is 6.92 Å². The number of nitrogens with zero attached hydrogens (tertiary/aromatic N) is 3. The van der Waals surface area contributed by atoms with E-state index < -0.39 is 0 Å². The molecule has 1 N–H and O–H groups in total. The zero-order valence-electron chi connectivity index (χ0n) is 13.2. The van der Waals surface area contributed by atoms with Crippen molar-refractivity contribution < 1.29 is 14.0 Å². The Morgan fingerprint density at radius 1 is 1.38 bits per heavy atom. The number of halogens is 1. The third kappa shape index (κ3) is 3.94. The number of hydrogen-bond donors (Lipinski definition) is 1. The molecule has 1 atom stereocenters. The first kappa shape index (κ1) is 16.5. The number of aryl methyl sites for hydroxylation is 1. The first-order valence-electron chi connectivity index (χ1n) is 7.64. The highest BCUT2D eigenvalue weighted by molar-refractivity contribution is 7.15. The molecule has 0 spiro atoms. The van der Waals surface area contributed by atoms with Gasteiger partial charge in [-0.15, -0.1) is 10.2 Å². The molecule has 2 heterocycles. The highest BCUT2D eigenvalue weighted by Crippen LogP contribution is 2.21. The Hall–Kier alpha value is -2.35. The molecule has 1 saturated heterocycles. The van der Waals surface area contributed by atoms with E-state index in [4.69, 9.17) is 0 Å². The molecular formula is C16H17FN4O2S. The topological polar surface area (TPSA) is 75.2 Å². The van der Waals surface area contributed by atoms with Gasteiger partial charge in [0.1, 0.15) is 10.8 Å². The molecule has 0 saturated carbocycles. The summed E-state index contributed by atoms with van der Waals surface area (Å²) in [5.41, 5.74) is 0.960. The molecule has 3 rings (SSSR count). The molecule has 1 aromatic carbocycles. The van der Waals surface area contributed by atoms with Crippen molar-refractivity contribution in [2.45, 2.75) is 19.8 Å². The second kappa shape index (κ2) is 7.04. The smallest absolute Gasteiger partial charge is 0.231 e. The minimum Gasteiger partial charge on any atom is -0.342 e. The van der Waals surface area contributed by atoms with Crippen LogP contribution in [0.5, 0.6) is 0 Å². The van der Waals surface area contributed by atoms with Crippen LogP contribution >= 0.6 is 11.3 Å². The fourth-order valence-electron chi connectivity index (χ4n) is 2.63. The highest BCUT2D eigenvalue weighted by Gasteiger charge is 2.34. The van der Waals surface area contributed by atoms with Crippen LogP contribution in [-0.2, 0) is 16.0 Å². The maximum atomic E-state index is 12.9. The quantitative estimate of drug-likeness (QED) is 0.897. The van der Waals surface area contributed by atoms with Crippen molar-refractivity contribution in [3.05, 3.63) is 40.7 Å². The lowest BCUT2D eigenvalue weighted by Crippen LogP contribution is -2.30. The van der Waals surface area contributed by atoms with Gasteiger partial charge in [0, 0.05) is 19.5 Å². The van der Waals surface area contributed by atoms with Gasteiger partial charge in [-0.1, -0.05) is 23.5 Å².